The van der Waals surface area contributed by atoms with Crippen molar-refractivity contribution in [2.24, 2.45) is 0 Å². The molecule has 1 fully saturated rings. The minimum Gasteiger partial charge on any atom is -0.343 e. The summed E-state index contributed by atoms with van der Waals surface area (Å²) < 4.78 is 38.1. The molecule has 0 aliphatic carbocycles. The average molecular weight is 558 g/mol. The maximum absolute atomic E-state index is 13.0. The van der Waals surface area contributed by atoms with Crippen molar-refractivity contribution >= 4 is 34.6 Å². The van der Waals surface area contributed by atoms with Gasteiger partial charge < -0.3 is 10.2 Å². The largest absolute Gasteiger partial charge is 0.393 e. The zero-order valence-corrected chi connectivity index (χ0v) is 22.4. The minimum atomic E-state index is -4.27. The third kappa shape index (κ3) is 7.75. The number of hydrogen-bond acceptors (Lipinski definition) is 5. The van der Waals surface area contributed by atoms with Crippen LogP contribution in [-0.4, -0.2) is 46.7 Å². The number of ketones is 1. The molecule has 1 N–H and O–H groups in total. The minimum absolute atomic E-state index is 0.00288. The smallest absolute Gasteiger partial charge is 0.343 e. The Morgan fingerprint density at radius 2 is 1.72 bits per heavy atom. The molecule has 4 rings (SSSR count). The van der Waals surface area contributed by atoms with E-state index in [1.54, 1.807) is 53.6 Å². The fourth-order valence-corrected chi connectivity index (χ4v) is 5.57. The van der Waals surface area contributed by atoms with Crippen molar-refractivity contribution in [3.05, 3.63) is 70.2 Å². The Labute approximate surface area is 229 Å². The van der Waals surface area contributed by atoms with Crippen molar-refractivity contribution in [1.82, 2.24) is 9.88 Å². The first kappa shape index (κ1) is 28.5. The molecular weight excluding hydrogens is 527 g/mol. The number of thiazole rings is 1. The van der Waals surface area contributed by atoms with E-state index in [4.69, 9.17) is 0 Å². The van der Waals surface area contributed by atoms with Gasteiger partial charge in [-0.1, -0.05) is 49.4 Å². The van der Waals surface area contributed by atoms with Crippen LogP contribution in [0, 0.1) is 0 Å². The van der Waals surface area contributed by atoms with Gasteiger partial charge in [0.05, 0.1) is 11.4 Å². The van der Waals surface area contributed by atoms with E-state index < -0.39 is 12.6 Å². The van der Waals surface area contributed by atoms with Crippen molar-refractivity contribution in [3.63, 3.8) is 0 Å². The summed E-state index contributed by atoms with van der Waals surface area (Å²) in [6, 6.07) is 13.2. The van der Waals surface area contributed by atoms with Crippen molar-refractivity contribution in [2.75, 3.05) is 18.4 Å². The summed E-state index contributed by atoms with van der Waals surface area (Å²) in [6.45, 7) is 2.99. The fraction of sp³-hybridized carbons (Fsp3) is 0.379. The van der Waals surface area contributed by atoms with Crippen LogP contribution in [0.2, 0.25) is 0 Å². The lowest BCUT2D eigenvalue weighted by atomic mass is 9.97. The maximum atomic E-state index is 13.0. The molecule has 0 unspecified atom stereocenters. The van der Waals surface area contributed by atoms with E-state index in [-0.39, 0.29) is 41.9 Å². The molecule has 1 saturated heterocycles. The van der Waals surface area contributed by atoms with Crippen LogP contribution in [0.4, 0.5) is 18.9 Å². The summed E-state index contributed by atoms with van der Waals surface area (Å²) in [7, 11) is 0. The van der Waals surface area contributed by atoms with Gasteiger partial charge in [-0.2, -0.15) is 13.2 Å². The first-order chi connectivity index (χ1) is 18.6. The number of likely N-dealkylation sites (tertiary alicyclic amines) is 1. The Hall–Kier alpha value is -3.53. The average Bonchev–Trinajstić information content (AvgIpc) is 3.42. The van der Waals surface area contributed by atoms with Crippen LogP contribution in [0.3, 0.4) is 0 Å². The summed E-state index contributed by atoms with van der Waals surface area (Å²) in [5, 5.41) is 5.45. The van der Waals surface area contributed by atoms with E-state index in [0.717, 1.165) is 17.8 Å². The zero-order chi connectivity index (χ0) is 28.0. The number of para-hydroxylation sites is 1. The Bertz CT molecular complexity index is 1310. The lowest BCUT2D eigenvalue weighted by Gasteiger charge is -2.31. The topological polar surface area (TPSA) is 79.4 Å². The van der Waals surface area contributed by atoms with E-state index in [2.05, 4.69) is 10.3 Å². The second-order valence-electron chi connectivity index (χ2n) is 9.61. The third-order valence-electron chi connectivity index (χ3n) is 6.81. The van der Waals surface area contributed by atoms with Crippen LogP contribution in [0.25, 0.3) is 11.1 Å². The highest BCUT2D eigenvalue weighted by Crippen LogP contribution is 2.32. The Kier molecular flexibility index (Phi) is 9.16. The van der Waals surface area contributed by atoms with Crippen LogP contribution >= 0.6 is 11.3 Å². The van der Waals surface area contributed by atoms with Crippen molar-refractivity contribution in [3.8, 4) is 11.1 Å². The van der Waals surface area contributed by atoms with E-state index in [1.807, 2.05) is 0 Å². The van der Waals surface area contributed by atoms with Crippen LogP contribution in [0.1, 0.15) is 66.0 Å². The molecule has 206 valence electrons. The quantitative estimate of drug-likeness (QED) is 0.320. The number of hydrogen-bond donors (Lipinski definition) is 1. The second kappa shape index (κ2) is 12.5. The molecule has 0 bridgehead atoms. The van der Waals surface area contributed by atoms with Crippen molar-refractivity contribution in [1.29, 1.82) is 0 Å². The summed E-state index contributed by atoms with van der Waals surface area (Å²) in [6.07, 6.45) is -2.80. The highest BCUT2D eigenvalue weighted by atomic mass is 32.1. The molecule has 39 heavy (non-hydrogen) atoms. The van der Waals surface area contributed by atoms with Gasteiger partial charge in [0.1, 0.15) is 11.5 Å². The molecule has 0 saturated carbocycles. The normalized spacial score (nSPS) is 14.3. The van der Waals surface area contributed by atoms with E-state index in [9.17, 15) is 27.6 Å². The maximum Gasteiger partial charge on any atom is 0.393 e. The predicted octanol–water partition coefficient (Wildman–Crippen LogP) is 6.63. The lowest BCUT2D eigenvalue weighted by molar-refractivity contribution is -0.134. The van der Waals surface area contributed by atoms with Gasteiger partial charge >= 0.3 is 6.18 Å². The van der Waals surface area contributed by atoms with E-state index in [1.165, 1.54) is 23.5 Å². The summed E-state index contributed by atoms with van der Waals surface area (Å²) >= 11 is 1.42. The van der Waals surface area contributed by atoms with Crippen LogP contribution in [-0.2, 0) is 16.0 Å². The number of anilines is 1. The van der Waals surface area contributed by atoms with Gasteiger partial charge in [-0.25, -0.2) is 4.98 Å². The monoisotopic (exact) mass is 557 g/mol. The first-order valence-electron chi connectivity index (χ1n) is 12.9. The van der Waals surface area contributed by atoms with E-state index >= 15 is 0 Å². The number of benzene rings is 2. The summed E-state index contributed by atoms with van der Waals surface area (Å²) in [5.74, 6) is -0.122. The molecule has 2 amide bonds. The molecule has 1 aromatic heterocycles. The molecule has 0 radical (unpaired) electrons. The molecule has 2 heterocycles. The zero-order valence-electron chi connectivity index (χ0n) is 21.6. The molecule has 6 nitrogen and oxygen atoms in total. The number of alkyl halides is 3. The number of carbonyl (C=O) groups excluding carboxylic acids is 3. The van der Waals surface area contributed by atoms with Gasteiger partial charge in [-0.3, -0.25) is 14.4 Å². The lowest BCUT2D eigenvalue weighted by Crippen LogP contribution is -2.38. The van der Waals surface area contributed by atoms with Crippen LogP contribution < -0.4 is 5.32 Å². The Morgan fingerprint density at radius 3 is 2.38 bits per heavy atom. The molecule has 1 aliphatic rings. The SMILES string of the molecule is CCC(=O)CCC(=O)N1CCC(c2nc(C(=O)Nc3ccccc3-c3ccc(CC(F)(F)F)cc3)cs2)CC1. The molecule has 0 spiro atoms. The van der Waals surface area contributed by atoms with E-state index in [0.29, 0.717) is 42.0 Å². The number of Topliss-reactive ketones (excluding diaryl/α,β-unsaturated/α-hetero) is 1. The molecule has 1 aliphatic heterocycles. The van der Waals surface area contributed by atoms with Gasteiger partial charge in [0.15, 0.2) is 0 Å². The van der Waals surface area contributed by atoms with Gasteiger partial charge in [0.2, 0.25) is 5.91 Å². The number of amides is 2. The standard InChI is InChI=1S/C29H30F3N3O3S/c1-2-22(36)11-12-26(37)35-15-13-21(14-16-35)28-34-25(18-39-28)27(38)33-24-6-4-3-5-23(24)20-9-7-19(8-10-20)17-29(30,31)32/h3-10,18,21H,2,11-17H2,1H3,(H,33,38). The van der Waals surface area contributed by atoms with Gasteiger partial charge in [-0.15, -0.1) is 11.3 Å². The fourth-order valence-electron chi connectivity index (χ4n) is 4.60. The highest BCUT2D eigenvalue weighted by molar-refractivity contribution is 7.10. The van der Waals surface area contributed by atoms with Crippen molar-refractivity contribution < 1.29 is 27.6 Å². The number of carbonyl (C=O) groups is 3. The number of halogens is 3. The van der Waals surface area contributed by atoms with Crippen LogP contribution in [0.15, 0.2) is 53.9 Å². The Morgan fingerprint density at radius 1 is 1.03 bits per heavy atom. The number of piperidine rings is 1. The highest BCUT2D eigenvalue weighted by Gasteiger charge is 2.28. The molecule has 3 aromatic rings. The summed E-state index contributed by atoms with van der Waals surface area (Å²) in [4.78, 5) is 43.3. The molecular formula is C29H30F3N3O3S. The van der Waals surface area contributed by atoms with Crippen LogP contribution in [0.5, 0.6) is 0 Å². The first-order valence-corrected chi connectivity index (χ1v) is 13.8. The molecule has 10 heteroatoms. The summed E-state index contributed by atoms with van der Waals surface area (Å²) in [5.41, 5.74) is 2.38. The molecule has 2 aromatic carbocycles. The number of rotatable bonds is 9. The Balaban J connectivity index is 1.36. The van der Waals surface area contributed by atoms with Crippen molar-refractivity contribution in [2.45, 2.75) is 57.5 Å². The third-order valence-corrected chi connectivity index (χ3v) is 7.82. The second-order valence-corrected chi connectivity index (χ2v) is 10.5. The molecule has 0 atom stereocenters. The predicted molar refractivity (Wildman–Crippen MR) is 145 cm³/mol. The number of aromatic nitrogens is 1. The van der Waals surface area contributed by atoms with Gasteiger partial charge in [0, 0.05) is 54.9 Å². The van der Waals surface area contributed by atoms with Gasteiger partial charge in [-0.05, 0) is 30.0 Å². The number of nitrogens with one attached hydrogen (secondary N) is 1. The number of nitrogens with zero attached hydrogens (tertiary/aromatic N) is 2. The van der Waals surface area contributed by atoms with Gasteiger partial charge in [0.25, 0.3) is 5.91 Å².